The van der Waals surface area contributed by atoms with Gasteiger partial charge in [-0.05, 0) is 68.9 Å². The van der Waals surface area contributed by atoms with Crippen molar-refractivity contribution in [3.8, 4) is 0 Å². The van der Waals surface area contributed by atoms with Gasteiger partial charge in [0, 0.05) is 24.2 Å². The third-order valence-corrected chi connectivity index (χ3v) is 9.49. The minimum absolute atomic E-state index is 0.0645. The van der Waals surface area contributed by atoms with Gasteiger partial charge in [0.05, 0.1) is 11.0 Å². The Labute approximate surface area is 227 Å². The van der Waals surface area contributed by atoms with E-state index in [9.17, 15) is 19.5 Å². The number of amides is 1. The molecule has 2 aliphatic carbocycles. The average Bonchev–Trinajstić information content (AvgIpc) is 3.06. The van der Waals surface area contributed by atoms with Crippen LogP contribution in [0.15, 0.2) is 34.2 Å². The van der Waals surface area contributed by atoms with E-state index in [1.54, 1.807) is 10.6 Å². The number of aromatic nitrogens is 2. The molecule has 4 bridgehead atoms. The van der Waals surface area contributed by atoms with Crippen LogP contribution < -0.4 is 11.3 Å². The Morgan fingerprint density at radius 1 is 0.949 bits per heavy atom. The van der Waals surface area contributed by atoms with E-state index in [0.717, 1.165) is 37.5 Å². The molecule has 0 spiro atoms. The van der Waals surface area contributed by atoms with Crippen LogP contribution in [0, 0.1) is 11.8 Å². The van der Waals surface area contributed by atoms with Crippen molar-refractivity contribution in [2.24, 2.45) is 22.7 Å². The van der Waals surface area contributed by atoms with Crippen molar-refractivity contribution in [2.45, 2.75) is 94.8 Å². The van der Waals surface area contributed by atoms with Gasteiger partial charge in [-0.25, -0.2) is 9.78 Å². The molecule has 0 radical (unpaired) electrons. The van der Waals surface area contributed by atoms with Crippen molar-refractivity contribution in [1.29, 1.82) is 0 Å². The van der Waals surface area contributed by atoms with Crippen molar-refractivity contribution < 1.29 is 19.5 Å². The average molecular weight is 536 g/mol. The summed E-state index contributed by atoms with van der Waals surface area (Å²) >= 11 is 0. The quantitative estimate of drug-likeness (QED) is 0.410. The van der Waals surface area contributed by atoms with Crippen LogP contribution in [-0.4, -0.2) is 61.9 Å². The first-order valence-electron chi connectivity index (χ1n) is 14.4. The summed E-state index contributed by atoms with van der Waals surface area (Å²) in [6.07, 6.45) is 13.5. The summed E-state index contributed by atoms with van der Waals surface area (Å²) in [6, 6.07) is 8.74. The van der Waals surface area contributed by atoms with Crippen LogP contribution in [0.4, 0.5) is 0 Å². The predicted molar refractivity (Wildman–Crippen MR) is 145 cm³/mol. The summed E-state index contributed by atoms with van der Waals surface area (Å²) < 4.78 is 1.74. The third-order valence-electron chi connectivity index (χ3n) is 9.49. The molecule has 4 fully saturated rings. The predicted octanol–water partition coefficient (Wildman–Crippen LogP) is 3.21. The van der Waals surface area contributed by atoms with Crippen molar-refractivity contribution in [2.75, 3.05) is 6.61 Å². The van der Waals surface area contributed by atoms with Gasteiger partial charge < -0.3 is 20.2 Å². The van der Waals surface area contributed by atoms with E-state index in [1.165, 1.54) is 44.9 Å². The number of rotatable bonds is 7. The number of hydrogen-bond acceptors (Lipinski definition) is 7. The SMILES string of the molecule is NC(=O)CO/N=C(\C(=O)O)c1nc2ccccc2n([C@H]2C[C@H]3CC[C@@H](C2)N3C2C[C@H]3CCCC[C@@H](C2)C3)c1=O. The second-order valence-electron chi connectivity index (χ2n) is 11.9. The number of carbonyl (C=O) groups excluding carboxylic acids is 1. The highest BCUT2D eigenvalue weighted by Gasteiger charge is 2.47. The van der Waals surface area contributed by atoms with Crippen molar-refractivity contribution in [3.63, 3.8) is 0 Å². The molecular formula is C29H37N5O5. The Balaban J connectivity index is 1.33. The largest absolute Gasteiger partial charge is 0.476 e. The Morgan fingerprint density at radius 2 is 1.62 bits per heavy atom. The Bertz CT molecular complexity index is 1330. The van der Waals surface area contributed by atoms with Crippen LogP contribution in [0.2, 0.25) is 0 Å². The number of carboxylic acid groups (broad SMARTS) is 1. The molecule has 39 heavy (non-hydrogen) atoms. The van der Waals surface area contributed by atoms with E-state index >= 15 is 0 Å². The van der Waals surface area contributed by atoms with Gasteiger partial charge in [0.25, 0.3) is 11.5 Å². The summed E-state index contributed by atoms with van der Waals surface area (Å²) in [5, 5.41) is 13.4. The fraction of sp³-hybridized carbons (Fsp3) is 0.621. The number of carboxylic acids is 1. The maximum atomic E-state index is 13.9. The van der Waals surface area contributed by atoms with Gasteiger partial charge in [0.1, 0.15) is 0 Å². The molecule has 4 aliphatic rings. The fourth-order valence-corrected chi connectivity index (χ4v) is 8.12. The fourth-order valence-electron chi connectivity index (χ4n) is 8.12. The standard InChI is InChI=1S/C29H37N5O5/c30-25(35)16-39-32-27(29(37)38)26-28(36)34(24-8-4-3-7-23(24)31-26)22-14-19-9-10-20(15-22)33(19)21-12-17-5-1-2-6-18(11-17)13-21/h3-4,7-8,17-22H,1-2,5-6,9-16H2,(H2,30,35)(H,37,38)/b32-27-/t17-,18+,19-,20+,21?,22+. The molecule has 1 amide bonds. The van der Waals surface area contributed by atoms with E-state index in [0.29, 0.717) is 29.2 Å². The highest BCUT2D eigenvalue weighted by atomic mass is 16.6. The second kappa shape index (κ2) is 10.7. The van der Waals surface area contributed by atoms with Gasteiger partial charge in [-0.1, -0.05) is 43.0 Å². The Morgan fingerprint density at radius 3 is 2.26 bits per heavy atom. The molecule has 1 unspecified atom stereocenters. The zero-order chi connectivity index (χ0) is 27.1. The molecule has 10 heteroatoms. The topological polar surface area (TPSA) is 140 Å². The van der Waals surface area contributed by atoms with Crippen LogP contribution in [0.3, 0.4) is 0 Å². The summed E-state index contributed by atoms with van der Waals surface area (Å²) in [5.74, 6) is -0.548. The lowest BCUT2D eigenvalue weighted by atomic mass is 9.76. The maximum absolute atomic E-state index is 13.9. The highest BCUT2D eigenvalue weighted by Crippen LogP contribution is 2.47. The molecule has 1 aromatic heterocycles. The van der Waals surface area contributed by atoms with Crippen LogP contribution in [0.5, 0.6) is 0 Å². The number of aliphatic carboxylic acids is 1. The molecule has 6 rings (SSSR count). The molecule has 2 saturated heterocycles. The molecule has 10 nitrogen and oxygen atoms in total. The van der Waals surface area contributed by atoms with Gasteiger partial charge in [0.2, 0.25) is 5.71 Å². The number of fused-ring (bicyclic) bond motifs is 5. The van der Waals surface area contributed by atoms with E-state index < -0.39 is 29.8 Å². The molecule has 1 aromatic carbocycles. The normalized spacial score (nSPS) is 31.1. The third kappa shape index (κ3) is 5.06. The second-order valence-corrected chi connectivity index (χ2v) is 11.9. The number of nitrogens with zero attached hydrogens (tertiary/aromatic N) is 4. The number of nitrogens with two attached hydrogens (primary N) is 1. The Kier molecular flexibility index (Phi) is 7.14. The zero-order valence-electron chi connectivity index (χ0n) is 22.2. The van der Waals surface area contributed by atoms with E-state index in [4.69, 9.17) is 10.6 Å². The van der Waals surface area contributed by atoms with Crippen LogP contribution in [0.25, 0.3) is 11.0 Å². The highest BCUT2D eigenvalue weighted by molar-refractivity contribution is 6.41. The summed E-state index contributed by atoms with van der Waals surface area (Å²) in [4.78, 5) is 49.1. The minimum atomic E-state index is -1.46. The number of para-hydroxylation sites is 2. The van der Waals surface area contributed by atoms with Gasteiger partial charge in [0.15, 0.2) is 12.3 Å². The first-order chi connectivity index (χ1) is 18.9. The monoisotopic (exact) mass is 535 g/mol. The molecule has 2 aromatic rings. The first kappa shape index (κ1) is 26.0. The molecular weight excluding hydrogens is 498 g/mol. The van der Waals surface area contributed by atoms with Crippen LogP contribution in [-0.2, 0) is 14.4 Å². The molecule has 208 valence electrons. The minimum Gasteiger partial charge on any atom is -0.476 e. The van der Waals surface area contributed by atoms with E-state index in [-0.39, 0.29) is 11.7 Å². The lowest BCUT2D eigenvalue weighted by Crippen LogP contribution is -2.52. The summed E-state index contributed by atoms with van der Waals surface area (Å²) in [6.45, 7) is -0.594. The number of piperidine rings is 1. The smallest absolute Gasteiger partial charge is 0.360 e. The molecule has 6 atom stereocenters. The van der Waals surface area contributed by atoms with E-state index in [2.05, 4.69) is 15.0 Å². The van der Waals surface area contributed by atoms with Gasteiger partial charge in [-0.2, -0.15) is 0 Å². The molecule has 2 saturated carbocycles. The van der Waals surface area contributed by atoms with Gasteiger partial charge >= 0.3 is 5.97 Å². The summed E-state index contributed by atoms with van der Waals surface area (Å²) in [7, 11) is 0. The molecule has 3 N–H and O–H groups in total. The first-order valence-corrected chi connectivity index (χ1v) is 14.4. The number of benzene rings is 1. The lowest BCUT2D eigenvalue weighted by Gasteiger charge is -2.48. The number of oxime groups is 1. The lowest BCUT2D eigenvalue weighted by molar-refractivity contribution is -0.130. The Hall–Kier alpha value is -3.27. The molecule has 3 heterocycles. The van der Waals surface area contributed by atoms with Crippen LogP contribution in [0.1, 0.15) is 82.4 Å². The van der Waals surface area contributed by atoms with Crippen LogP contribution >= 0.6 is 0 Å². The van der Waals surface area contributed by atoms with Crippen molar-refractivity contribution >= 4 is 28.6 Å². The number of hydrogen-bond donors (Lipinski definition) is 2. The van der Waals surface area contributed by atoms with Crippen molar-refractivity contribution in [3.05, 3.63) is 40.3 Å². The maximum Gasteiger partial charge on any atom is 0.360 e. The number of primary amides is 1. The molecule has 2 aliphatic heterocycles. The number of carbonyl (C=O) groups is 2. The zero-order valence-corrected chi connectivity index (χ0v) is 22.2. The summed E-state index contributed by atoms with van der Waals surface area (Å²) in [5.41, 5.74) is 4.86. The van der Waals surface area contributed by atoms with Crippen molar-refractivity contribution in [1.82, 2.24) is 14.5 Å². The van der Waals surface area contributed by atoms with Gasteiger partial charge in [-0.15, -0.1) is 0 Å². The van der Waals surface area contributed by atoms with Gasteiger partial charge in [-0.3, -0.25) is 14.5 Å². The van der Waals surface area contributed by atoms with E-state index in [1.807, 2.05) is 18.2 Å².